The van der Waals surface area contributed by atoms with Gasteiger partial charge in [0.25, 0.3) is 0 Å². The fourth-order valence-electron chi connectivity index (χ4n) is 2.05. The van der Waals surface area contributed by atoms with E-state index in [0.29, 0.717) is 5.92 Å². The summed E-state index contributed by atoms with van der Waals surface area (Å²) in [5, 5.41) is 8.83. The van der Waals surface area contributed by atoms with E-state index in [-0.39, 0.29) is 12.0 Å². The molecule has 13 heavy (non-hydrogen) atoms. The quantitative estimate of drug-likeness (QED) is 0.732. The van der Waals surface area contributed by atoms with Crippen molar-refractivity contribution in [1.29, 1.82) is 0 Å². The van der Waals surface area contributed by atoms with Crippen molar-refractivity contribution in [2.45, 2.75) is 39.2 Å². The molecule has 0 heterocycles. The number of ether oxygens (including phenoxy) is 1. The van der Waals surface area contributed by atoms with Crippen LogP contribution in [0.1, 0.15) is 33.1 Å². The molecule has 0 saturated heterocycles. The molecule has 0 spiro atoms. The monoisotopic (exact) mass is 186 g/mol. The molecule has 0 aromatic rings. The van der Waals surface area contributed by atoms with E-state index in [1.165, 1.54) is 0 Å². The smallest absolute Gasteiger partial charge is 0.306 e. The summed E-state index contributed by atoms with van der Waals surface area (Å²) in [7, 11) is 0. The minimum Gasteiger partial charge on any atom is -0.481 e. The van der Waals surface area contributed by atoms with Crippen molar-refractivity contribution in [1.82, 2.24) is 0 Å². The van der Waals surface area contributed by atoms with E-state index < -0.39 is 5.97 Å². The van der Waals surface area contributed by atoms with Crippen molar-refractivity contribution in [2.75, 3.05) is 6.61 Å². The maximum Gasteiger partial charge on any atom is 0.306 e. The lowest BCUT2D eigenvalue weighted by molar-refractivity contribution is -0.145. The molecule has 0 radical (unpaired) electrons. The van der Waals surface area contributed by atoms with Gasteiger partial charge < -0.3 is 9.84 Å². The third kappa shape index (κ3) is 2.69. The lowest BCUT2D eigenvalue weighted by Gasteiger charge is -2.31. The van der Waals surface area contributed by atoms with Crippen LogP contribution in [0.5, 0.6) is 0 Å². The van der Waals surface area contributed by atoms with Gasteiger partial charge in [-0.1, -0.05) is 6.92 Å². The maximum absolute atomic E-state index is 10.7. The van der Waals surface area contributed by atoms with Crippen molar-refractivity contribution in [3.05, 3.63) is 0 Å². The average molecular weight is 186 g/mol. The Bertz CT molecular complexity index is 179. The molecule has 0 aliphatic heterocycles. The first-order valence-electron chi connectivity index (χ1n) is 4.99. The van der Waals surface area contributed by atoms with E-state index in [1.807, 2.05) is 6.92 Å². The van der Waals surface area contributed by atoms with Gasteiger partial charge in [0.15, 0.2) is 0 Å². The fraction of sp³-hybridized carbons (Fsp3) is 0.900. The largest absolute Gasteiger partial charge is 0.481 e. The summed E-state index contributed by atoms with van der Waals surface area (Å²) in [6.07, 6.45) is 2.71. The van der Waals surface area contributed by atoms with Crippen molar-refractivity contribution >= 4 is 5.97 Å². The average Bonchev–Trinajstić information content (AvgIpc) is 2.08. The third-order valence-corrected chi connectivity index (χ3v) is 2.82. The Morgan fingerprint density at radius 3 is 2.69 bits per heavy atom. The molecule has 0 amide bonds. The molecule has 0 aromatic heterocycles. The Morgan fingerprint density at radius 1 is 1.54 bits per heavy atom. The predicted octanol–water partition coefficient (Wildman–Crippen LogP) is 1.91. The van der Waals surface area contributed by atoms with Crippen LogP contribution in [0.2, 0.25) is 0 Å². The van der Waals surface area contributed by atoms with Crippen molar-refractivity contribution < 1.29 is 14.6 Å². The van der Waals surface area contributed by atoms with Crippen LogP contribution in [0, 0.1) is 11.8 Å². The Hall–Kier alpha value is -0.570. The van der Waals surface area contributed by atoms with Gasteiger partial charge in [0.2, 0.25) is 0 Å². The van der Waals surface area contributed by atoms with Crippen molar-refractivity contribution in [3.8, 4) is 0 Å². The molecule has 0 aromatic carbocycles. The minimum atomic E-state index is -0.651. The van der Waals surface area contributed by atoms with E-state index in [4.69, 9.17) is 9.84 Å². The van der Waals surface area contributed by atoms with E-state index in [0.717, 1.165) is 25.9 Å². The van der Waals surface area contributed by atoms with Gasteiger partial charge in [0, 0.05) is 6.61 Å². The first kappa shape index (κ1) is 10.5. The summed E-state index contributed by atoms with van der Waals surface area (Å²) in [4.78, 5) is 10.7. The fourth-order valence-corrected chi connectivity index (χ4v) is 2.05. The second-order valence-corrected chi connectivity index (χ2v) is 3.82. The number of carboxylic acid groups (broad SMARTS) is 1. The number of hydrogen-bond acceptors (Lipinski definition) is 2. The van der Waals surface area contributed by atoms with Crippen LogP contribution in [0.3, 0.4) is 0 Å². The molecule has 3 heteroatoms. The molecule has 3 nitrogen and oxygen atoms in total. The van der Waals surface area contributed by atoms with Crippen molar-refractivity contribution in [3.63, 3.8) is 0 Å². The highest BCUT2D eigenvalue weighted by atomic mass is 16.5. The zero-order valence-electron chi connectivity index (χ0n) is 8.32. The Kier molecular flexibility index (Phi) is 3.72. The standard InChI is InChI=1S/C10H18O3/c1-3-13-9-5-4-8(10(11)12)6-7(9)2/h7-9H,3-6H2,1-2H3,(H,11,12)/t7-,8+,9-/m1/s1. The molecule has 1 fully saturated rings. The molecule has 0 unspecified atom stereocenters. The number of rotatable bonds is 3. The second kappa shape index (κ2) is 4.61. The summed E-state index contributed by atoms with van der Waals surface area (Å²) in [6, 6.07) is 0. The van der Waals surface area contributed by atoms with Crippen LogP contribution < -0.4 is 0 Å². The van der Waals surface area contributed by atoms with Crippen LogP contribution in [0.25, 0.3) is 0 Å². The highest BCUT2D eigenvalue weighted by Gasteiger charge is 2.31. The van der Waals surface area contributed by atoms with E-state index in [2.05, 4.69) is 6.92 Å². The zero-order valence-corrected chi connectivity index (χ0v) is 8.32. The third-order valence-electron chi connectivity index (χ3n) is 2.82. The molecular formula is C10H18O3. The van der Waals surface area contributed by atoms with Crippen LogP contribution in [0.15, 0.2) is 0 Å². The molecule has 3 atom stereocenters. The van der Waals surface area contributed by atoms with Gasteiger partial charge in [-0.2, -0.15) is 0 Å². The molecule has 1 aliphatic carbocycles. The number of carbonyl (C=O) groups is 1. The van der Waals surface area contributed by atoms with Crippen LogP contribution in [0.4, 0.5) is 0 Å². The van der Waals surface area contributed by atoms with Crippen LogP contribution in [-0.4, -0.2) is 23.8 Å². The maximum atomic E-state index is 10.7. The first-order chi connectivity index (χ1) is 6.15. The first-order valence-corrected chi connectivity index (χ1v) is 4.99. The zero-order chi connectivity index (χ0) is 9.84. The van der Waals surface area contributed by atoms with Gasteiger partial charge in [-0.3, -0.25) is 4.79 Å². The predicted molar refractivity (Wildman–Crippen MR) is 49.6 cm³/mol. The molecule has 1 N–H and O–H groups in total. The summed E-state index contributed by atoms with van der Waals surface area (Å²) in [5.41, 5.74) is 0. The number of carboxylic acids is 1. The van der Waals surface area contributed by atoms with Gasteiger partial charge in [0.1, 0.15) is 0 Å². The van der Waals surface area contributed by atoms with Crippen LogP contribution in [-0.2, 0) is 9.53 Å². The second-order valence-electron chi connectivity index (χ2n) is 3.82. The molecule has 1 saturated carbocycles. The van der Waals surface area contributed by atoms with Gasteiger partial charge >= 0.3 is 5.97 Å². The number of hydrogen-bond donors (Lipinski definition) is 1. The van der Waals surface area contributed by atoms with Crippen molar-refractivity contribution in [2.24, 2.45) is 11.8 Å². The topological polar surface area (TPSA) is 46.5 Å². The summed E-state index contributed by atoms with van der Waals surface area (Å²) in [5.74, 6) is -0.414. The van der Waals surface area contributed by atoms with E-state index in [1.54, 1.807) is 0 Å². The van der Waals surface area contributed by atoms with Gasteiger partial charge in [-0.25, -0.2) is 0 Å². The summed E-state index contributed by atoms with van der Waals surface area (Å²) < 4.78 is 5.53. The SMILES string of the molecule is CCO[C@@H]1CC[C@H](C(=O)O)C[C@H]1C. The summed E-state index contributed by atoms with van der Waals surface area (Å²) >= 11 is 0. The van der Waals surface area contributed by atoms with Crippen LogP contribution >= 0.6 is 0 Å². The molecular weight excluding hydrogens is 168 g/mol. The molecule has 76 valence electrons. The molecule has 1 aliphatic rings. The van der Waals surface area contributed by atoms with E-state index >= 15 is 0 Å². The molecule has 1 rings (SSSR count). The van der Waals surface area contributed by atoms with Gasteiger partial charge in [-0.15, -0.1) is 0 Å². The Balaban J connectivity index is 2.41. The lowest BCUT2D eigenvalue weighted by Crippen LogP contribution is -2.32. The molecule has 0 bridgehead atoms. The highest BCUT2D eigenvalue weighted by molar-refractivity contribution is 5.70. The Labute approximate surface area is 79.1 Å². The normalized spacial score (nSPS) is 34.5. The van der Waals surface area contributed by atoms with Gasteiger partial charge in [-0.05, 0) is 32.1 Å². The lowest BCUT2D eigenvalue weighted by atomic mass is 9.80. The highest BCUT2D eigenvalue weighted by Crippen LogP contribution is 2.30. The van der Waals surface area contributed by atoms with E-state index in [9.17, 15) is 4.79 Å². The van der Waals surface area contributed by atoms with Gasteiger partial charge in [0.05, 0.1) is 12.0 Å². The minimum absolute atomic E-state index is 0.147. The summed E-state index contributed by atoms with van der Waals surface area (Å²) in [6.45, 7) is 4.79. The Morgan fingerprint density at radius 2 is 2.23 bits per heavy atom. The number of aliphatic carboxylic acids is 1.